The molecule has 0 amide bonds. The van der Waals surface area contributed by atoms with Gasteiger partial charge in [-0.1, -0.05) is 19.8 Å². The molecule has 0 bridgehead atoms. The van der Waals surface area contributed by atoms with Crippen molar-refractivity contribution in [2.45, 2.75) is 89.0 Å². The minimum atomic E-state index is 0.285. The molecule has 1 saturated carbocycles. The Morgan fingerprint density at radius 1 is 1.25 bits per heavy atom. The lowest BCUT2D eigenvalue weighted by molar-refractivity contribution is -0.0658. The van der Waals surface area contributed by atoms with E-state index < -0.39 is 0 Å². The van der Waals surface area contributed by atoms with Gasteiger partial charge in [-0.25, -0.2) is 0 Å². The summed E-state index contributed by atoms with van der Waals surface area (Å²) >= 11 is 0. The summed E-state index contributed by atoms with van der Waals surface area (Å²) in [5, 5.41) is 3.64. The fourth-order valence-electron chi connectivity index (χ4n) is 4.42. The molecular weight excluding hydrogens is 248 g/mol. The fourth-order valence-corrected chi connectivity index (χ4v) is 4.42. The minimum absolute atomic E-state index is 0.285. The van der Waals surface area contributed by atoms with Gasteiger partial charge < -0.3 is 10.1 Å². The van der Waals surface area contributed by atoms with Gasteiger partial charge in [0.2, 0.25) is 0 Å². The lowest BCUT2D eigenvalue weighted by Crippen LogP contribution is -2.63. The molecule has 3 nitrogen and oxygen atoms in total. The van der Waals surface area contributed by atoms with Gasteiger partial charge in [0.05, 0.1) is 11.7 Å². The first-order valence-electron chi connectivity index (χ1n) is 8.72. The molecule has 3 fully saturated rings. The van der Waals surface area contributed by atoms with Crippen LogP contribution in [0.2, 0.25) is 0 Å². The average Bonchev–Trinajstić information content (AvgIpc) is 3.05. The molecule has 0 aromatic rings. The lowest BCUT2D eigenvalue weighted by atomic mass is 9.91. The third-order valence-corrected chi connectivity index (χ3v) is 6.13. The van der Waals surface area contributed by atoms with Crippen molar-refractivity contribution >= 4 is 0 Å². The highest BCUT2D eigenvalue weighted by Crippen LogP contribution is 2.43. The van der Waals surface area contributed by atoms with Crippen molar-refractivity contribution in [1.29, 1.82) is 0 Å². The summed E-state index contributed by atoms with van der Waals surface area (Å²) in [5.41, 5.74) is 0.592. The molecule has 1 N–H and O–H groups in total. The number of nitrogens with one attached hydrogen (secondary N) is 1. The number of piperazine rings is 1. The molecule has 1 spiro atoms. The van der Waals surface area contributed by atoms with Crippen LogP contribution in [0.15, 0.2) is 0 Å². The van der Waals surface area contributed by atoms with Gasteiger partial charge in [0.15, 0.2) is 0 Å². The molecule has 116 valence electrons. The fraction of sp³-hybridized carbons (Fsp3) is 1.00. The zero-order valence-corrected chi connectivity index (χ0v) is 13.6. The number of hydrogen-bond donors (Lipinski definition) is 1. The average molecular weight is 280 g/mol. The van der Waals surface area contributed by atoms with E-state index >= 15 is 0 Å². The topological polar surface area (TPSA) is 24.5 Å². The van der Waals surface area contributed by atoms with Crippen molar-refractivity contribution in [3.05, 3.63) is 0 Å². The maximum atomic E-state index is 6.52. The van der Waals surface area contributed by atoms with Gasteiger partial charge in [-0.2, -0.15) is 0 Å². The molecule has 3 unspecified atom stereocenters. The van der Waals surface area contributed by atoms with E-state index in [1.54, 1.807) is 0 Å². The summed E-state index contributed by atoms with van der Waals surface area (Å²) in [6.07, 6.45) is 9.65. The Morgan fingerprint density at radius 2 is 2.00 bits per heavy atom. The standard InChI is InChI=1S/C17H32N2O/c1-4-16(3)13-18-14(2)11-19(16)12-15-7-10-17(20-15)8-5-6-9-17/h14-15,18H,4-13H2,1-3H3. The molecule has 2 saturated heterocycles. The Hall–Kier alpha value is -0.120. The molecule has 3 aliphatic rings. The first-order chi connectivity index (χ1) is 9.55. The summed E-state index contributed by atoms with van der Waals surface area (Å²) in [6, 6.07) is 0.608. The Morgan fingerprint density at radius 3 is 2.70 bits per heavy atom. The molecular formula is C17H32N2O. The van der Waals surface area contributed by atoms with Gasteiger partial charge in [0.25, 0.3) is 0 Å². The van der Waals surface area contributed by atoms with Crippen LogP contribution < -0.4 is 5.32 Å². The van der Waals surface area contributed by atoms with Crippen molar-refractivity contribution in [3.63, 3.8) is 0 Å². The Bertz CT molecular complexity index is 340. The third-order valence-electron chi connectivity index (χ3n) is 6.13. The highest BCUT2D eigenvalue weighted by atomic mass is 16.5. The smallest absolute Gasteiger partial charge is 0.0710 e. The second-order valence-electron chi connectivity index (χ2n) is 7.71. The molecule has 1 aliphatic carbocycles. The van der Waals surface area contributed by atoms with E-state index in [4.69, 9.17) is 4.74 Å². The van der Waals surface area contributed by atoms with Crippen molar-refractivity contribution in [2.24, 2.45) is 0 Å². The SMILES string of the molecule is CCC1(C)CNC(C)CN1CC1CCC2(CCCC2)O1. The Balaban J connectivity index is 1.61. The summed E-state index contributed by atoms with van der Waals surface area (Å²) in [5.74, 6) is 0. The second-order valence-corrected chi connectivity index (χ2v) is 7.71. The second kappa shape index (κ2) is 5.58. The van der Waals surface area contributed by atoms with E-state index in [-0.39, 0.29) is 5.60 Å². The lowest BCUT2D eigenvalue weighted by Gasteiger charge is -2.48. The van der Waals surface area contributed by atoms with Crippen molar-refractivity contribution in [1.82, 2.24) is 10.2 Å². The van der Waals surface area contributed by atoms with Crippen LogP contribution >= 0.6 is 0 Å². The van der Waals surface area contributed by atoms with Gasteiger partial charge in [0.1, 0.15) is 0 Å². The number of ether oxygens (including phenoxy) is 1. The summed E-state index contributed by atoms with van der Waals surface area (Å²) in [4.78, 5) is 2.70. The normalized spacial score (nSPS) is 41.5. The maximum absolute atomic E-state index is 6.52. The van der Waals surface area contributed by atoms with Gasteiger partial charge >= 0.3 is 0 Å². The molecule has 3 atom stereocenters. The van der Waals surface area contributed by atoms with E-state index in [9.17, 15) is 0 Å². The van der Waals surface area contributed by atoms with Crippen molar-refractivity contribution in [2.75, 3.05) is 19.6 Å². The van der Waals surface area contributed by atoms with E-state index in [0.29, 0.717) is 17.7 Å². The number of rotatable bonds is 3. The summed E-state index contributed by atoms with van der Waals surface area (Å²) < 4.78 is 6.52. The van der Waals surface area contributed by atoms with Crippen LogP contribution in [-0.4, -0.2) is 47.8 Å². The van der Waals surface area contributed by atoms with Crippen LogP contribution in [0.5, 0.6) is 0 Å². The molecule has 2 heterocycles. The van der Waals surface area contributed by atoms with Gasteiger partial charge in [0, 0.05) is 31.2 Å². The zero-order valence-electron chi connectivity index (χ0n) is 13.6. The predicted molar refractivity (Wildman–Crippen MR) is 83.0 cm³/mol. The van der Waals surface area contributed by atoms with Crippen LogP contribution in [0.4, 0.5) is 0 Å². The van der Waals surface area contributed by atoms with Crippen LogP contribution in [0.25, 0.3) is 0 Å². The molecule has 3 heteroatoms. The Labute approximate surface area is 124 Å². The molecule has 0 radical (unpaired) electrons. The summed E-state index contributed by atoms with van der Waals surface area (Å²) in [7, 11) is 0. The van der Waals surface area contributed by atoms with E-state index in [1.165, 1.54) is 44.9 Å². The first kappa shape index (κ1) is 14.8. The van der Waals surface area contributed by atoms with E-state index in [1.807, 2.05) is 0 Å². The van der Waals surface area contributed by atoms with Gasteiger partial charge in [-0.3, -0.25) is 4.90 Å². The zero-order chi connectivity index (χ0) is 14.2. The predicted octanol–water partition coefficient (Wildman–Crippen LogP) is 2.94. The van der Waals surface area contributed by atoms with Crippen LogP contribution in [0, 0.1) is 0 Å². The van der Waals surface area contributed by atoms with Crippen molar-refractivity contribution < 1.29 is 4.74 Å². The minimum Gasteiger partial charge on any atom is -0.370 e. The molecule has 3 rings (SSSR count). The quantitative estimate of drug-likeness (QED) is 0.860. The number of nitrogens with zero attached hydrogens (tertiary/aromatic N) is 1. The third kappa shape index (κ3) is 2.77. The van der Waals surface area contributed by atoms with Crippen LogP contribution in [0.3, 0.4) is 0 Å². The van der Waals surface area contributed by atoms with E-state index in [2.05, 4.69) is 31.0 Å². The highest BCUT2D eigenvalue weighted by molar-refractivity contribution is 4.98. The van der Waals surface area contributed by atoms with Crippen molar-refractivity contribution in [3.8, 4) is 0 Å². The molecule has 2 aliphatic heterocycles. The molecule has 0 aromatic heterocycles. The first-order valence-corrected chi connectivity index (χ1v) is 8.72. The van der Waals surface area contributed by atoms with Gasteiger partial charge in [-0.15, -0.1) is 0 Å². The van der Waals surface area contributed by atoms with E-state index in [0.717, 1.165) is 19.6 Å². The van der Waals surface area contributed by atoms with Crippen LogP contribution in [0.1, 0.15) is 65.7 Å². The molecule has 20 heavy (non-hydrogen) atoms. The van der Waals surface area contributed by atoms with Gasteiger partial charge in [-0.05, 0) is 46.0 Å². The monoisotopic (exact) mass is 280 g/mol. The van der Waals surface area contributed by atoms with Crippen LogP contribution in [-0.2, 0) is 4.74 Å². The maximum Gasteiger partial charge on any atom is 0.0710 e. The Kier molecular flexibility index (Phi) is 4.13. The highest BCUT2D eigenvalue weighted by Gasteiger charge is 2.44. The molecule has 0 aromatic carbocycles. The largest absolute Gasteiger partial charge is 0.370 e. The number of hydrogen-bond acceptors (Lipinski definition) is 3. The summed E-state index contributed by atoms with van der Waals surface area (Å²) in [6.45, 7) is 10.4.